The highest BCUT2D eigenvalue weighted by Crippen LogP contribution is 2.28. The molecule has 3 aromatic rings. The van der Waals surface area contributed by atoms with Gasteiger partial charge in [0.2, 0.25) is 0 Å². The fourth-order valence-electron chi connectivity index (χ4n) is 3.74. The van der Waals surface area contributed by atoms with E-state index in [1.807, 2.05) is 19.3 Å². The van der Waals surface area contributed by atoms with E-state index >= 15 is 0 Å². The highest BCUT2D eigenvalue weighted by Gasteiger charge is 2.25. The van der Waals surface area contributed by atoms with Gasteiger partial charge in [-0.25, -0.2) is 15.4 Å². The zero-order valence-electron chi connectivity index (χ0n) is 16.1. The van der Waals surface area contributed by atoms with Gasteiger partial charge in [0.05, 0.1) is 0 Å². The average Bonchev–Trinajstić information content (AvgIpc) is 3.25. The van der Waals surface area contributed by atoms with Crippen LogP contribution in [0.5, 0.6) is 0 Å². The molecule has 3 heterocycles. The van der Waals surface area contributed by atoms with E-state index in [2.05, 4.69) is 58.2 Å². The number of amides is 1. The molecule has 4 rings (SSSR count). The number of benzene rings is 1. The third-order valence-corrected chi connectivity index (χ3v) is 5.32. The second-order valence-electron chi connectivity index (χ2n) is 7.20. The zero-order valence-corrected chi connectivity index (χ0v) is 16.1. The van der Waals surface area contributed by atoms with Crippen LogP contribution in [-0.4, -0.2) is 38.0 Å². The maximum atomic E-state index is 12.7. The first-order valence-electron chi connectivity index (χ1n) is 9.53. The van der Waals surface area contributed by atoms with Crippen molar-refractivity contribution in [1.82, 2.24) is 25.0 Å². The van der Waals surface area contributed by atoms with Crippen LogP contribution >= 0.6 is 0 Å². The number of carbonyl (C=O) groups excluding carboxylic acids is 1. The second-order valence-corrected chi connectivity index (χ2v) is 7.20. The topological polar surface area (TPSA) is 63.1 Å². The number of carbonyl (C=O) groups is 1. The Labute approximate surface area is 159 Å². The van der Waals surface area contributed by atoms with Crippen LogP contribution in [-0.2, 0) is 17.8 Å². The van der Waals surface area contributed by atoms with Gasteiger partial charge in [0.15, 0.2) is 0 Å². The van der Waals surface area contributed by atoms with Gasteiger partial charge in [0.1, 0.15) is 12.4 Å². The fraction of sp³-hybridized carbons (Fsp3) is 0.381. The third-order valence-electron chi connectivity index (χ3n) is 5.32. The van der Waals surface area contributed by atoms with Gasteiger partial charge in [-0.1, -0.05) is 13.0 Å². The Bertz CT molecular complexity index is 976. The molecule has 2 aromatic heterocycles. The minimum absolute atomic E-state index is 0.107. The average molecular weight is 363 g/mol. The molecule has 6 heteroatoms. The molecule has 1 unspecified atom stereocenters. The summed E-state index contributed by atoms with van der Waals surface area (Å²) in [6.45, 7) is 7.32. The molecule has 1 N–H and O–H groups in total. The number of aromatic nitrogens is 3. The van der Waals surface area contributed by atoms with Gasteiger partial charge in [-0.2, -0.15) is 0 Å². The first-order chi connectivity index (χ1) is 13.1. The van der Waals surface area contributed by atoms with Crippen molar-refractivity contribution in [3.05, 3.63) is 48.2 Å². The number of nitrogens with zero attached hydrogens (tertiary/aromatic N) is 4. The summed E-state index contributed by atoms with van der Waals surface area (Å²) >= 11 is 0. The lowest BCUT2D eigenvalue weighted by Gasteiger charge is -2.21. The molecule has 0 aliphatic carbocycles. The van der Waals surface area contributed by atoms with E-state index in [9.17, 15) is 4.79 Å². The van der Waals surface area contributed by atoms with Crippen molar-refractivity contribution in [2.45, 2.75) is 46.2 Å². The van der Waals surface area contributed by atoms with E-state index in [0.717, 1.165) is 41.9 Å². The van der Waals surface area contributed by atoms with Crippen LogP contribution in [0.25, 0.3) is 22.0 Å². The predicted molar refractivity (Wildman–Crippen MR) is 106 cm³/mol. The molecule has 0 saturated carbocycles. The van der Waals surface area contributed by atoms with Crippen LogP contribution in [0.3, 0.4) is 0 Å². The molecule has 0 radical (unpaired) electrons. The van der Waals surface area contributed by atoms with Gasteiger partial charge in [-0.15, -0.1) is 0 Å². The zero-order chi connectivity index (χ0) is 19.0. The Morgan fingerprint density at radius 2 is 2.04 bits per heavy atom. The molecule has 6 nitrogen and oxygen atoms in total. The fourth-order valence-corrected chi connectivity index (χ4v) is 3.74. The van der Waals surface area contributed by atoms with E-state index < -0.39 is 0 Å². The van der Waals surface area contributed by atoms with Crippen molar-refractivity contribution < 1.29 is 4.79 Å². The Hall–Kier alpha value is -2.73. The number of fused-ring (bicyclic) bond motifs is 1. The number of hydrogen-bond acceptors (Lipinski definition) is 4. The van der Waals surface area contributed by atoms with Gasteiger partial charge >= 0.3 is 0 Å². The molecular formula is C21H25N5O. The maximum Gasteiger partial charge on any atom is 0.256 e. The summed E-state index contributed by atoms with van der Waals surface area (Å²) in [7, 11) is 0. The molecule has 0 bridgehead atoms. The molecule has 1 amide bonds. The normalized spacial score (nSPS) is 17.0. The van der Waals surface area contributed by atoms with Crippen LogP contribution in [0.2, 0.25) is 0 Å². The minimum Gasteiger partial charge on any atom is -0.338 e. The van der Waals surface area contributed by atoms with Crippen molar-refractivity contribution in [3.8, 4) is 11.1 Å². The molecule has 1 saturated heterocycles. The Kier molecular flexibility index (Phi) is 4.66. The monoisotopic (exact) mass is 363 g/mol. The largest absolute Gasteiger partial charge is 0.338 e. The number of hydrogen-bond donors (Lipinski definition) is 1. The highest BCUT2D eigenvalue weighted by molar-refractivity contribution is 5.90. The summed E-state index contributed by atoms with van der Waals surface area (Å²) in [5.41, 5.74) is 7.62. The van der Waals surface area contributed by atoms with Crippen molar-refractivity contribution >= 4 is 16.8 Å². The molecule has 1 atom stereocenters. The first-order valence-corrected chi connectivity index (χ1v) is 9.53. The summed E-state index contributed by atoms with van der Waals surface area (Å²) in [4.78, 5) is 21.3. The van der Waals surface area contributed by atoms with Crippen LogP contribution < -0.4 is 5.43 Å². The number of hydrazine groups is 1. The van der Waals surface area contributed by atoms with Crippen molar-refractivity contribution in [2.24, 2.45) is 0 Å². The van der Waals surface area contributed by atoms with Gasteiger partial charge in [0, 0.05) is 47.6 Å². The quantitative estimate of drug-likeness (QED) is 0.774. The standard InChI is InChI=1S/C21H25N5O/c1-4-16-12-25(13-21(27)26-14(2)7-8-24-26)20-6-5-17(9-19(16)20)18-10-22-15(3)23-11-18/h5-6,9-12,14,24H,4,7-8,13H2,1-3H3. The number of rotatable bonds is 4. The van der Waals surface area contributed by atoms with Crippen LogP contribution in [0.1, 0.15) is 31.7 Å². The van der Waals surface area contributed by atoms with Crippen molar-refractivity contribution in [1.29, 1.82) is 0 Å². The van der Waals surface area contributed by atoms with E-state index in [1.165, 1.54) is 10.9 Å². The molecule has 140 valence electrons. The Morgan fingerprint density at radius 3 is 2.70 bits per heavy atom. The summed E-state index contributed by atoms with van der Waals surface area (Å²) < 4.78 is 2.07. The lowest BCUT2D eigenvalue weighted by molar-refractivity contribution is -0.135. The van der Waals surface area contributed by atoms with Gasteiger partial charge in [0.25, 0.3) is 5.91 Å². The summed E-state index contributed by atoms with van der Waals surface area (Å²) in [5.74, 6) is 0.874. The van der Waals surface area contributed by atoms with Crippen LogP contribution in [0.4, 0.5) is 0 Å². The summed E-state index contributed by atoms with van der Waals surface area (Å²) in [6, 6.07) is 6.60. The van der Waals surface area contributed by atoms with E-state index in [-0.39, 0.29) is 11.9 Å². The predicted octanol–water partition coefficient (Wildman–Crippen LogP) is 3.09. The van der Waals surface area contributed by atoms with Crippen molar-refractivity contribution in [2.75, 3.05) is 6.54 Å². The molecule has 0 spiro atoms. The molecule has 1 aliphatic rings. The van der Waals surface area contributed by atoms with Crippen LogP contribution in [0, 0.1) is 6.92 Å². The number of nitrogens with one attached hydrogen (secondary N) is 1. The Morgan fingerprint density at radius 1 is 1.26 bits per heavy atom. The van der Waals surface area contributed by atoms with Gasteiger partial charge in [-0.3, -0.25) is 9.80 Å². The minimum atomic E-state index is 0.107. The second kappa shape index (κ2) is 7.12. The lowest BCUT2D eigenvalue weighted by atomic mass is 10.0. The van der Waals surface area contributed by atoms with Crippen molar-refractivity contribution in [3.63, 3.8) is 0 Å². The lowest BCUT2D eigenvalue weighted by Crippen LogP contribution is -2.42. The molecular weight excluding hydrogens is 338 g/mol. The molecule has 1 aromatic carbocycles. The SMILES string of the molecule is CCc1cn(CC(=O)N2NCCC2C)c2ccc(-c3cnc(C)nc3)cc12. The smallest absolute Gasteiger partial charge is 0.256 e. The Balaban J connectivity index is 1.68. The first kappa shape index (κ1) is 17.7. The number of aryl methyl sites for hydroxylation is 2. The summed E-state index contributed by atoms with van der Waals surface area (Å²) in [5, 5.41) is 2.96. The summed E-state index contributed by atoms with van der Waals surface area (Å²) in [6.07, 6.45) is 7.75. The molecule has 27 heavy (non-hydrogen) atoms. The molecule has 1 aliphatic heterocycles. The van der Waals surface area contributed by atoms with Crippen LogP contribution in [0.15, 0.2) is 36.8 Å². The molecule has 1 fully saturated rings. The highest BCUT2D eigenvalue weighted by atomic mass is 16.2. The maximum absolute atomic E-state index is 12.7. The van der Waals surface area contributed by atoms with Gasteiger partial charge in [-0.05, 0) is 49.9 Å². The third kappa shape index (κ3) is 3.32. The van der Waals surface area contributed by atoms with Gasteiger partial charge < -0.3 is 4.57 Å². The van der Waals surface area contributed by atoms with E-state index in [1.54, 1.807) is 5.01 Å². The van der Waals surface area contributed by atoms with E-state index in [4.69, 9.17) is 0 Å². The van der Waals surface area contributed by atoms with E-state index in [0.29, 0.717) is 6.54 Å².